The Hall–Kier alpha value is -2.58. The summed E-state index contributed by atoms with van der Waals surface area (Å²) in [5.74, 6) is 0. The lowest BCUT2D eigenvalue weighted by atomic mass is 10.1. The summed E-state index contributed by atoms with van der Waals surface area (Å²) in [5, 5.41) is 8.65. The molecule has 0 amide bonds. The summed E-state index contributed by atoms with van der Waals surface area (Å²) in [6.45, 7) is 6.31. The zero-order chi connectivity index (χ0) is 27.2. The molecule has 0 N–H and O–H groups in total. The molecule has 206 valence electrons. The van der Waals surface area contributed by atoms with Crippen molar-refractivity contribution in [2.24, 2.45) is 0 Å². The molecule has 0 bridgehead atoms. The van der Waals surface area contributed by atoms with Crippen molar-refractivity contribution in [2.75, 3.05) is 11.4 Å². The van der Waals surface area contributed by atoms with Crippen LogP contribution in [0.5, 0.6) is 0 Å². The molecular formula is C35H30ClIN2S2. The van der Waals surface area contributed by atoms with Crippen LogP contribution in [-0.2, 0) is 6.54 Å². The summed E-state index contributed by atoms with van der Waals surface area (Å²) in [6.07, 6.45) is 10.9. The minimum atomic E-state index is 0. The third-order valence-corrected chi connectivity index (χ3v) is 10.8. The molecular weight excluding hydrogens is 675 g/mol. The van der Waals surface area contributed by atoms with Gasteiger partial charge in [-0.05, 0) is 72.2 Å². The van der Waals surface area contributed by atoms with Crippen molar-refractivity contribution < 1.29 is 28.5 Å². The zero-order valence-corrected chi connectivity index (χ0v) is 27.6. The van der Waals surface area contributed by atoms with Crippen LogP contribution >= 0.6 is 34.7 Å². The summed E-state index contributed by atoms with van der Waals surface area (Å²) in [7, 11) is 0. The quantitative estimate of drug-likeness (QED) is 0.141. The fourth-order valence-corrected chi connectivity index (χ4v) is 8.75. The standard InChI is InChI=1S/C35H30ClN2S2.HI/c1-3-37-29-19-15-23-9-5-7-11-27(23)34(29)39-31(37)21-17-25-13-14-26(33(25)36)18-22-32-38(4-2)30-20-16-24-10-6-8-12-28(24)35(30)40-32;/h5-12,15-22H,3-4,13-14H2,1-2H3;1H/q+1;/p-1. The fourth-order valence-electron chi connectivity index (χ4n) is 5.91. The van der Waals surface area contributed by atoms with Gasteiger partial charge in [-0.3, -0.25) is 0 Å². The number of anilines is 1. The van der Waals surface area contributed by atoms with Gasteiger partial charge in [-0.25, -0.2) is 0 Å². The lowest BCUT2D eigenvalue weighted by Gasteiger charge is -2.17. The van der Waals surface area contributed by atoms with Crippen LogP contribution in [0.15, 0.2) is 117 Å². The van der Waals surface area contributed by atoms with E-state index in [9.17, 15) is 0 Å². The first-order valence-electron chi connectivity index (χ1n) is 14.0. The molecule has 0 atom stereocenters. The number of rotatable bonds is 5. The average molecular weight is 705 g/mol. The van der Waals surface area contributed by atoms with Gasteiger partial charge in [0.25, 0.3) is 5.01 Å². The Labute approximate surface area is 271 Å². The van der Waals surface area contributed by atoms with E-state index in [-0.39, 0.29) is 24.0 Å². The van der Waals surface area contributed by atoms with Crippen LogP contribution in [0.4, 0.5) is 5.69 Å². The predicted molar refractivity (Wildman–Crippen MR) is 175 cm³/mol. The van der Waals surface area contributed by atoms with Gasteiger partial charge >= 0.3 is 0 Å². The van der Waals surface area contributed by atoms with Crippen LogP contribution in [-0.4, -0.2) is 6.54 Å². The normalized spacial score (nSPS) is 17.2. The highest BCUT2D eigenvalue weighted by atomic mass is 127. The molecule has 1 aliphatic carbocycles. The first-order valence-corrected chi connectivity index (χ1v) is 16.0. The van der Waals surface area contributed by atoms with Gasteiger partial charge in [-0.2, -0.15) is 4.57 Å². The maximum atomic E-state index is 6.97. The van der Waals surface area contributed by atoms with Gasteiger partial charge < -0.3 is 28.9 Å². The number of thioether (sulfide) groups is 1. The Kier molecular flexibility index (Phi) is 8.32. The maximum absolute atomic E-state index is 6.97. The van der Waals surface area contributed by atoms with Crippen molar-refractivity contribution in [3.8, 4) is 0 Å². The molecule has 0 fully saturated rings. The molecule has 6 heteroatoms. The molecule has 2 nitrogen and oxygen atoms in total. The lowest BCUT2D eigenvalue weighted by molar-refractivity contribution is -0.665. The Morgan fingerprint density at radius 2 is 1.59 bits per heavy atom. The highest BCUT2D eigenvalue weighted by Gasteiger charge is 2.26. The molecule has 2 aliphatic rings. The highest BCUT2D eigenvalue weighted by molar-refractivity contribution is 8.04. The number of thiazole rings is 1. The van der Waals surface area contributed by atoms with E-state index in [1.165, 1.54) is 63.5 Å². The van der Waals surface area contributed by atoms with Gasteiger partial charge in [0.1, 0.15) is 11.2 Å². The molecule has 4 aromatic carbocycles. The predicted octanol–water partition coefficient (Wildman–Crippen LogP) is 7.22. The van der Waals surface area contributed by atoms with E-state index in [1.807, 2.05) is 23.1 Å². The second-order valence-corrected chi connectivity index (χ2v) is 12.6. The minimum Gasteiger partial charge on any atom is -1.00 e. The van der Waals surface area contributed by atoms with Crippen LogP contribution in [0.3, 0.4) is 0 Å². The molecule has 0 unspecified atom stereocenters. The van der Waals surface area contributed by atoms with Crippen molar-refractivity contribution in [1.29, 1.82) is 0 Å². The number of benzene rings is 4. The third kappa shape index (κ3) is 5.05. The smallest absolute Gasteiger partial charge is 0.262 e. The summed E-state index contributed by atoms with van der Waals surface area (Å²) >= 11 is 10.7. The van der Waals surface area contributed by atoms with Gasteiger partial charge in [0.15, 0.2) is 0 Å². The number of aryl methyl sites for hydroxylation is 1. The SMILES string of the molecule is CCN1/C(=C/C=C2\CCC(/C=C/c3sc4c5ccccc5ccc4[n+]3CC)=C2Cl)Sc2c1ccc1ccccc21.[I-]. The van der Waals surface area contributed by atoms with Crippen molar-refractivity contribution in [3.05, 3.63) is 117 Å². The van der Waals surface area contributed by atoms with E-state index in [1.54, 1.807) is 0 Å². The van der Waals surface area contributed by atoms with Crippen LogP contribution < -0.4 is 33.4 Å². The largest absolute Gasteiger partial charge is 1.00 e. The zero-order valence-electron chi connectivity index (χ0n) is 23.0. The molecule has 5 aromatic rings. The molecule has 41 heavy (non-hydrogen) atoms. The molecule has 0 saturated heterocycles. The van der Waals surface area contributed by atoms with Gasteiger partial charge in [0, 0.05) is 34.0 Å². The molecule has 2 heterocycles. The Morgan fingerprint density at radius 3 is 2.37 bits per heavy atom. The number of halogens is 2. The Bertz CT molecular complexity index is 1930. The summed E-state index contributed by atoms with van der Waals surface area (Å²) < 4.78 is 3.76. The number of aromatic nitrogens is 1. The summed E-state index contributed by atoms with van der Waals surface area (Å²) in [6, 6.07) is 26.3. The lowest BCUT2D eigenvalue weighted by Crippen LogP contribution is -3.00. The number of fused-ring (bicyclic) bond motifs is 6. The van der Waals surface area contributed by atoms with Crippen LogP contribution in [0.25, 0.3) is 37.8 Å². The molecule has 0 spiro atoms. The van der Waals surface area contributed by atoms with E-state index in [0.717, 1.165) is 31.0 Å². The van der Waals surface area contributed by atoms with Gasteiger partial charge in [0.05, 0.1) is 10.7 Å². The molecule has 0 saturated carbocycles. The van der Waals surface area contributed by atoms with E-state index in [0.29, 0.717) is 0 Å². The third-order valence-electron chi connectivity index (χ3n) is 7.96. The Balaban J connectivity index is 0.00000302. The van der Waals surface area contributed by atoms with Crippen LogP contribution in [0, 0.1) is 0 Å². The number of hydrogen-bond acceptors (Lipinski definition) is 3. The first-order chi connectivity index (χ1) is 19.7. The topological polar surface area (TPSA) is 7.12 Å². The number of nitrogens with zero attached hydrogens (tertiary/aromatic N) is 2. The van der Waals surface area contributed by atoms with E-state index < -0.39 is 0 Å². The molecule has 1 aromatic heterocycles. The monoisotopic (exact) mass is 704 g/mol. The number of allylic oxidation sites excluding steroid dienone is 6. The molecule has 1 aliphatic heterocycles. The second kappa shape index (κ2) is 12.0. The average Bonchev–Trinajstić information content (AvgIpc) is 3.66. The van der Waals surface area contributed by atoms with Crippen LogP contribution in [0.1, 0.15) is 31.7 Å². The summed E-state index contributed by atoms with van der Waals surface area (Å²) in [5.41, 5.74) is 5.04. The fraction of sp³-hybridized carbons (Fsp3) is 0.171. The Morgan fingerprint density at radius 1 is 0.854 bits per heavy atom. The van der Waals surface area contributed by atoms with Crippen molar-refractivity contribution >= 4 is 78.2 Å². The van der Waals surface area contributed by atoms with Crippen molar-refractivity contribution in [3.63, 3.8) is 0 Å². The summed E-state index contributed by atoms with van der Waals surface area (Å²) in [4.78, 5) is 3.76. The maximum Gasteiger partial charge on any atom is 0.262 e. The number of hydrogen-bond donors (Lipinski definition) is 0. The first kappa shape index (κ1) is 28.5. The van der Waals surface area contributed by atoms with Crippen molar-refractivity contribution in [2.45, 2.75) is 38.1 Å². The molecule has 7 rings (SSSR count). The molecule has 0 radical (unpaired) electrons. The van der Waals surface area contributed by atoms with Gasteiger partial charge in [-0.15, -0.1) is 0 Å². The van der Waals surface area contributed by atoms with E-state index in [2.05, 4.69) is 120 Å². The highest BCUT2D eigenvalue weighted by Crippen LogP contribution is 2.49. The van der Waals surface area contributed by atoms with Gasteiger partial charge in [-0.1, -0.05) is 101 Å². The van der Waals surface area contributed by atoms with Crippen LogP contribution in [0.2, 0.25) is 0 Å². The van der Waals surface area contributed by atoms with Crippen molar-refractivity contribution in [1.82, 2.24) is 0 Å². The second-order valence-electron chi connectivity index (χ2n) is 10.2. The van der Waals surface area contributed by atoms with Gasteiger partial charge in [0.2, 0.25) is 5.52 Å². The minimum absolute atomic E-state index is 0. The van der Waals surface area contributed by atoms with E-state index >= 15 is 0 Å². The van der Waals surface area contributed by atoms with E-state index in [4.69, 9.17) is 11.6 Å².